The van der Waals surface area contributed by atoms with Crippen molar-refractivity contribution in [2.24, 2.45) is 5.92 Å². The van der Waals surface area contributed by atoms with Crippen LogP contribution >= 0.6 is 0 Å². The Bertz CT molecular complexity index is 1000. The van der Waals surface area contributed by atoms with Crippen molar-refractivity contribution < 1.29 is 14.3 Å². The van der Waals surface area contributed by atoms with Crippen molar-refractivity contribution in [3.05, 3.63) is 90.0 Å². The summed E-state index contributed by atoms with van der Waals surface area (Å²) in [5, 5.41) is 0. The number of likely N-dealkylation sites (tertiary alicyclic amines) is 1. The second-order valence-electron chi connectivity index (χ2n) is 7.60. The van der Waals surface area contributed by atoms with Crippen LogP contribution in [0.25, 0.3) is 11.1 Å². The Balaban J connectivity index is 1.36. The van der Waals surface area contributed by atoms with Gasteiger partial charge in [0.05, 0.1) is 7.11 Å². The fourth-order valence-electron chi connectivity index (χ4n) is 3.95. The Morgan fingerprint density at radius 3 is 1.93 bits per heavy atom. The largest absolute Gasteiger partial charge is 0.497 e. The first-order valence-corrected chi connectivity index (χ1v) is 10.3. The van der Waals surface area contributed by atoms with Gasteiger partial charge in [-0.15, -0.1) is 0 Å². The maximum absolute atomic E-state index is 12.9. The smallest absolute Gasteiger partial charge is 0.253 e. The summed E-state index contributed by atoms with van der Waals surface area (Å²) in [6.07, 6.45) is 1.39. The maximum atomic E-state index is 12.9. The van der Waals surface area contributed by atoms with Crippen LogP contribution in [0.2, 0.25) is 0 Å². The number of carbonyl (C=O) groups is 2. The normalized spacial score (nSPS) is 14.4. The summed E-state index contributed by atoms with van der Waals surface area (Å²) >= 11 is 0. The van der Waals surface area contributed by atoms with E-state index in [2.05, 4.69) is 12.1 Å². The zero-order valence-electron chi connectivity index (χ0n) is 17.1. The van der Waals surface area contributed by atoms with Crippen LogP contribution in [0.1, 0.15) is 33.6 Å². The molecule has 0 atom stereocenters. The average molecular weight is 399 g/mol. The number of benzene rings is 3. The minimum atomic E-state index is -0.0390. The lowest BCUT2D eigenvalue weighted by Gasteiger charge is -2.31. The summed E-state index contributed by atoms with van der Waals surface area (Å²) in [5.41, 5.74) is 3.62. The summed E-state index contributed by atoms with van der Waals surface area (Å²) < 4.78 is 5.15. The van der Waals surface area contributed by atoms with E-state index in [0.717, 1.165) is 16.9 Å². The lowest BCUT2D eigenvalue weighted by Crippen LogP contribution is -2.40. The highest BCUT2D eigenvalue weighted by Gasteiger charge is 2.28. The number of Topliss-reactive ketones (excluding diaryl/α,β-unsaturated/α-hetero) is 1. The van der Waals surface area contributed by atoms with Crippen molar-refractivity contribution in [3.63, 3.8) is 0 Å². The molecule has 0 saturated carbocycles. The van der Waals surface area contributed by atoms with Crippen LogP contribution < -0.4 is 4.74 Å². The first kappa shape index (κ1) is 19.9. The van der Waals surface area contributed by atoms with E-state index in [1.54, 1.807) is 7.11 Å². The molecule has 0 radical (unpaired) electrons. The number of nitrogens with zero attached hydrogens (tertiary/aromatic N) is 1. The second kappa shape index (κ2) is 8.95. The van der Waals surface area contributed by atoms with Gasteiger partial charge in [0.25, 0.3) is 5.91 Å². The minimum Gasteiger partial charge on any atom is -0.497 e. The van der Waals surface area contributed by atoms with Crippen molar-refractivity contribution in [3.8, 4) is 16.9 Å². The molecule has 0 N–H and O–H groups in total. The Morgan fingerprint density at radius 1 is 0.767 bits per heavy atom. The molecule has 0 aliphatic carbocycles. The molecule has 152 valence electrons. The number of ketones is 1. The lowest BCUT2D eigenvalue weighted by atomic mass is 9.88. The molecule has 1 fully saturated rings. The van der Waals surface area contributed by atoms with E-state index in [9.17, 15) is 9.59 Å². The van der Waals surface area contributed by atoms with Gasteiger partial charge in [0.1, 0.15) is 5.75 Å². The van der Waals surface area contributed by atoms with Crippen LogP contribution in [0.15, 0.2) is 78.9 Å². The fourth-order valence-corrected chi connectivity index (χ4v) is 3.95. The van der Waals surface area contributed by atoms with Crippen molar-refractivity contribution in [2.75, 3.05) is 20.2 Å². The topological polar surface area (TPSA) is 46.6 Å². The van der Waals surface area contributed by atoms with Gasteiger partial charge in [-0.1, -0.05) is 42.5 Å². The Morgan fingerprint density at radius 2 is 1.33 bits per heavy atom. The zero-order valence-corrected chi connectivity index (χ0v) is 17.1. The number of hydrogen-bond donors (Lipinski definition) is 0. The molecule has 0 spiro atoms. The molecule has 0 bridgehead atoms. The summed E-state index contributed by atoms with van der Waals surface area (Å²) in [6.45, 7) is 1.21. The minimum absolute atomic E-state index is 0.0324. The first-order valence-electron chi connectivity index (χ1n) is 10.3. The molecule has 0 aromatic heterocycles. The summed E-state index contributed by atoms with van der Waals surface area (Å²) in [4.78, 5) is 27.5. The van der Waals surface area contributed by atoms with Gasteiger partial charge in [0.2, 0.25) is 0 Å². The molecular formula is C26H25NO3. The standard InChI is InChI=1S/C26H25NO3/c1-30-24-13-11-21(12-14-24)25(28)22-15-17-27(18-16-22)26(29)23-9-7-20(8-10-23)19-5-3-2-4-6-19/h2-14,22H,15-18H2,1H3. The van der Waals surface area contributed by atoms with Crippen LogP contribution in [-0.4, -0.2) is 36.8 Å². The lowest BCUT2D eigenvalue weighted by molar-refractivity contribution is 0.0650. The monoisotopic (exact) mass is 399 g/mol. The molecule has 4 nitrogen and oxygen atoms in total. The number of ether oxygens (including phenoxy) is 1. The van der Waals surface area contributed by atoms with E-state index in [1.807, 2.05) is 71.6 Å². The quantitative estimate of drug-likeness (QED) is 0.561. The maximum Gasteiger partial charge on any atom is 0.253 e. The van der Waals surface area contributed by atoms with Crippen LogP contribution in [0.3, 0.4) is 0 Å². The summed E-state index contributed by atoms with van der Waals surface area (Å²) in [5.74, 6) is 0.884. The molecule has 1 heterocycles. The predicted octanol–water partition coefficient (Wildman–Crippen LogP) is 5.10. The molecule has 1 amide bonds. The number of piperidine rings is 1. The average Bonchev–Trinajstić information content (AvgIpc) is 2.84. The van der Waals surface area contributed by atoms with Crippen LogP contribution in [-0.2, 0) is 0 Å². The second-order valence-corrected chi connectivity index (χ2v) is 7.60. The van der Waals surface area contributed by atoms with E-state index >= 15 is 0 Å². The first-order chi connectivity index (χ1) is 14.7. The van der Waals surface area contributed by atoms with Gasteiger partial charge in [-0.3, -0.25) is 9.59 Å². The molecule has 4 rings (SSSR count). The molecule has 0 unspecified atom stereocenters. The van der Waals surface area contributed by atoms with Crippen molar-refractivity contribution in [1.82, 2.24) is 4.90 Å². The number of carbonyl (C=O) groups excluding carboxylic acids is 2. The van der Waals surface area contributed by atoms with Gasteiger partial charge < -0.3 is 9.64 Å². The molecule has 1 aliphatic heterocycles. The van der Waals surface area contributed by atoms with Crippen molar-refractivity contribution in [1.29, 1.82) is 0 Å². The SMILES string of the molecule is COc1ccc(C(=O)C2CCN(C(=O)c3ccc(-c4ccccc4)cc3)CC2)cc1. The molecule has 3 aromatic rings. The van der Waals surface area contributed by atoms with Gasteiger partial charge in [0, 0.05) is 30.1 Å². The van der Waals surface area contributed by atoms with E-state index in [0.29, 0.717) is 37.1 Å². The van der Waals surface area contributed by atoms with Crippen molar-refractivity contribution in [2.45, 2.75) is 12.8 Å². The number of rotatable bonds is 5. The predicted molar refractivity (Wildman–Crippen MR) is 118 cm³/mol. The van der Waals surface area contributed by atoms with Gasteiger partial charge in [0.15, 0.2) is 5.78 Å². The highest BCUT2D eigenvalue weighted by molar-refractivity contribution is 5.98. The molecule has 1 saturated heterocycles. The third-order valence-corrected chi connectivity index (χ3v) is 5.77. The third kappa shape index (κ3) is 4.28. The Labute approximate surface area is 177 Å². The van der Waals surface area contributed by atoms with Gasteiger partial charge in [-0.05, 0) is 60.4 Å². The molecule has 4 heteroatoms. The van der Waals surface area contributed by atoms with Gasteiger partial charge >= 0.3 is 0 Å². The molecular weight excluding hydrogens is 374 g/mol. The number of methoxy groups -OCH3 is 1. The number of amides is 1. The molecule has 30 heavy (non-hydrogen) atoms. The van der Waals surface area contributed by atoms with Crippen LogP contribution in [0, 0.1) is 5.92 Å². The molecule has 1 aliphatic rings. The zero-order chi connectivity index (χ0) is 20.9. The van der Waals surface area contributed by atoms with E-state index < -0.39 is 0 Å². The van der Waals surface area contributed by atoms with Crippen LogP contribution in [0.4, 0.5) is 0 Å². The summed E-state index contributed by atoms with van der Waals surface area (Å²) in [6, 6.07) is 25.1. The third-order valence-electron chi connectivity index (χ3n) is 5.77. The van der Waals surface area contributed by atoms with Crippen LogP contribution in [0.5, 0.6) is 5.75 Å². The highest BCUT2D eigenvalue weighted by Crippen LogP contribution is 2.25. The van der Waals surface area contributed by atoms with E-state index in [1.165, 1.54) is 0 Å². The van der Waals surface area contributed by atoms with Gasteiger partial charge in [-0.2, -0.15) is 0 Å². The Kier molecular flexibility index (Phi) is 5.94. The number of hydrogen-bond acceptors (Lipinski definition) is 3. The fraction of sp³-hybridized carbons (Fsp3) is 0.231. The van der Waals surface area contributed by atoms with Gasteiger partial charge in [-0.25, -0.2) is 0 Å². The Hall–Kier alpha value is -3.40. The van der Waals surface area contributed by atoms with E-state index in [4.69, 9.17) is 4.74 Å². The molecule has 3 aromatic carbocycles. The highest BCUT2D eigenvalue weighted by atomic mass is 16.5. The van der Waals surface area contributed by atoms with E-state index in [-0.39, 0.29) is 17.6 Å². The van der Waals surface area contributed by atoms with Crippen molar-refractivity contribution >= 4 is 11.7 Å². The summed E-state index contributed by atoms with van der Waals surface area (Å²) in [7, 11) is 1.61.